The van der Waals surface area contributed by atoms with Crippen molar-refractivity contribution in [3.05, 3.63) is 29.3 Å². The van der Waals surface area contributed by atoms with Crippen molar-refractivity contribution in [3.8, 4) is 5.75 Å². The lowest BCUT2D eigenvalue weighted by atomic mass is 10.1. The third-order valence-electron chi connectivity index (χ3n) is 2.72. The molecule has 106 valence electrons. The summed E-state index contributed by atoms with van der Waals surface area (Å²) in [6.07, 6.45) is 0.782. The van der Waals surface area contributed by atoms with Crippen molar-refractivity contribution in [3.63, 3.8) is 0 Å². The molecule has 0 bridgehead atoms. The zero-order valence-electron chi connectivity index (χ0n) is 11.2. The Kier molecular flexibility index (Phi) is 6.52. The van der Waals surface area contributed by atoms with E-state index in [4.69, 9.17) is 20.8 Å². The lowest BCUT2D eigenvalue weighted by Gasteiger charge is -2.12. The third kappa shape index (κ3) is 4.65. The van der Waals surface area contributed by atoms with Crippen LogP contribution in [0.1, 0.15) is 24.5 Å². The highest BCUT2D eigenvalue weighted by atomic mass is 32.2. The van der Waals surface area contributed by atoms with Crippen molar-refractivity contribution in [1.29, 1.82) is 0 Å². The van der Waals surface area contributed by atoms with Gasteiger partial charge in [0.1, 0.15) is 5.75 Å². The van der Waals surface area contributed by atoms with Crippen LogP contribution in [0, 0.1) is 0 Å². The fraction of sp³-hybridized carbons (Fsp3) is 0.462. The molecule has 19 heavy (non-hydrogen) atoms. The van der Waals surface area contributed by atoms with Gasteiger partial charge in [-0.15, -0.1) is 0 Å². The molecule has 1 aromatic carbocycles. The predicted molar refractivity (Wildman–Crippen MR) is 78.0 cm³/mol. The number of oxime groups is 1. The second kappa shape index (κ2) is 7.91. The monoisotopic (exact) mass is 284 g/mol. The fourth-order valence-corrected chi connectivity index (χ4v) is 2.52. The third-order valence-corrected chi connectivity index (χ3v) is 4.02. The zero-order valence-corrected chi connectivity index (χ0v) is 12.0. The summed E-state index contributed by atoms with van der Waals surface area (Å²) in [5.41, 5.74) is 7.24. The Morgan fingerprint density at radius 3 is 2.84 bits per heavy atom. The van der Waals surface area contributed by atoms with E-state index < -0.39 is 0 Å². The second-order valence-corrected chi connectivity index (χ2v) is 5.58. The molecule has 0 fully saturated rings. The Bertz CT molecular complexity index is 438. The van der Waals surface area contributed by atoms with Crippen LogP contribution in [0.4, 0.5) is 0 Å². The number of aliphatic hydroxyl groups excluding tert-OH is 1. The van der Waals surface area contributed by atoms with Gasteiger partial charge in [0.15, 0.2) is 5.84 Å². The maximum atomic E-state index is 8.86. The number of ether oxygens (including phenoxy) is 1. The quantitative estimate of drug-likeness (QED) is 0.307. The van der Waals surface area contributed by atoms with Gasteiger partial charge in [0.25, 0.3) is 0 Å². The molecule has 0 heterocycles. The van der Waals surface area contributed by atoms with E-state index in [1.165, 1.54) is 0 Å². The van der Waals surface area contributed by atoms with Crippen LogP contribution in [0.5, 0.6) is 5.75 Å². The number of thioether (sulfide) groups is 1. The molecule has 0 saturated carbocycles. The van der Waals surface area contributed by atoms with Gasteiger partial charge in [-0.25, -0.2) is 0 Å². The molecule has 0 aromatic heterocycles. The molecule has 1 rings (SSSR count). The highest BCUT2D eigenvalue weighted by molar-refractivity contribution is 7.99. The van der Waals surface area contributed by atoms with Gasteiger partial charge in [0.05, 0.1) is 12.7 Å². The van der Waals surface area contributed by atoms with Crippen molar-refractivity contribution < 1.29 is 15.1 Å². The summed E-state index contributed by atoms with van der Waals surface area (Å²) < 4.78 is 5.24. The lowest BCUT2D eigenvalue weighted by molar-refractivity contribution is 0.289. The predicted octanol–water partition coefficient (Wildman–Crippen LogP) is 1.79. The molecule has 0 aliphatic carbocycles. The van der Waals surface area contributed by atoms with Gasteiger partial charge >= 0.3 is 0 Å². The van der Waals surface area contributed by atoms with Crippen LogP contribution >= 0.6 is 11.8 Å². The average Bonchev–Trinajstić information content (AvgIpc) is 2.44. The molecule has 0 aliphatic heterocycles. The van der Waals surface area contributed by atoms with E-state index >= 15 is 0 Å². The Hall–Kier alpha value is -1.40. The SMILES string of the molecule is COc1cc(CSC(C)CCO)ccc1/C(N)=N/O. The Labute approximate surface area is 117 Å². The molecular formula is C13H20N2O3S. The largest absolute Gasteiger partial charge is 0.496 e. The van der Waals surface area contributed by atoms with Crippen molar-refractivity contribution in [1.82, 2.24) is 0 Å². The number of nitrogens with zero attached hydrogens (tertiary/aromatic N) is 1. The summed E-state index contributed by atoms with van der Waals surface area (Å²) in [7, 11) is 1.55. The minimum Gasteiger partial charge on any atom is -0.496 e. The molecule has 1 aromatic rings. The van der Waals surface area contributed by atoms with E-state index in [2.05, 4.69) is 12.1 Å². The van der Waals surface area contributed by atoms with E-state index in [0.29, 0.717) is 16.6 Å². The molecule has 0 amide bonds. The number of nitrogens with two attached hydrogens (primary N) is 1. The maximum absolute atomic E-state index is 8.86. The van der Waals surface area contributed by atoms with Gasteiger partial charge in [0, 0.05) is 17.6 Å². The van der Waals surface area contributed by atoms with Crippen molar-refractivity contribution in [2.45, 2.75) is 24.3 Å². The van der Waals surface area contributed by atoms with Crippen LogP contribution < -0.4 is 10.5 Å². The van der Waals surface area contributed by atoms with Gasteiger partial charge in [0.2, 0.25) is 0 Å². The van der Waals surface area contributed by atoms with Crippen LogP contribution in [0.3, 0.4) is 0 Å². The van der Waals surface area contributed by atoms with Gasteiger partial charge in [-0.3, -0.25) is 0 Å². The molecule has 0 spiro atoms. The molecule has 6 heteroatoms. The van der Waals surface area contributed by atoms with Crippen LogP contribution in [0.15, 0.2) is 23.4 Å². The average molecular weight is 284 g/mol. The van der Waals surface area contributed by atoms with Gasteiger partial charge in [-0.05, 0) is 24.1 Å². The molecule has 0 aliphatic rings. The smallest absolute Gasteiger partial charge is 0.173 e. The summed E-state index contributed by atoms with van der Waals surface area (Å²) >= 11 is 1.77. The number of benzene rings is 1. The lowest BCUT2D eigenvalue weighted by Crippen LogP contribution is -2.14. The first-order chi connectivity index (χ1) is 9.12. The van der Waals surface area contributed by atoms with Crippen molar-refractivity contribution in [2.75, 3.05) is 13.7 Å². The van der Waals surface area contributed by atoms with Crippen molar-refractivity contribution >= 4 is 17.6 Å². The van der Waals surface area contributed by atoms with Gasteiger partial charge in [-0.1, -0.05) is 18.1 Å². The summed E-state index contributed by atoms with van der Waals surface area (Å²) in [6, 6.07) is 5.58. The fourth-order valence-electron chi connectivity index (χ4n) is 1.59. The minimum absolute atomic E-state index is 0.0321. The Balaban J connectivity index is 2.77. The zero-order chi connectivity index (χ0) is 14.3. The number of rotatable bonds is 7. The molecule has 1 unspecified atom stereocenters. The highest BCUT2D eigenvalue weighted by Gasteiger charge is 2.09. The number of methoxy groups -OCH3 is 1. The molecule has 5 nitrogen and oxygen atoms in total. The summed E-state index contributed by atoms with van der Waals surface area (Å²) in [5.74, 6) is 1.45. The van der Waals surface area contributed by atoms with Crippen LogP contribution in [-0.2, 0) is 5.75 Å². The number of hydrogen-bond acceptors (Lipinski definition) is 5. The number of aliphatic hydroxyl groups is 1. The topological polar surface area (TPSA) is 88.1 Å². The number of amidine groups is 1. The van der Waals surface area contributed by atoms with Gasteiger partial charge in [-0.2, -0.15) is 11.8 Å². The first-order valence-corrected chi connectivity index (χ1v) is 7.04. The van der Waals surface area contributed by atoms with Crippen molar-refractivity contribution in [2.24, 2.45) is 10.9 Å². The van der Waals surface area contributed by atoms with Crippen LogP contribution in [0.2, 0.25) is 0 Å². The van der Waals surface area contributed by atoms with Crippen LogP contribution in [-0.4, -0.2) is 35.1 Å². The second-order valence-electron chi connectivity index (χ2n) is 4.15. The molecule has 4 N–H and O–H groups in total. The van der Waals surface area contributed by atoms with E-state index in [-0.39, 0.29) is 12.4 Å². The Morgan fingerprint density at radius 1 is 1.53 bits per heavy atom. The summed E-state index contributed by atoms with van der Waals surface area (Å²) in [4.78, 5) is 0. The first-order valence-electron chi connectivity index (χ1n) is 5.99. The van der Waals surface area contributed by atoms with E-state index in [1.807, 2.05) is 12.1 Å². The first kappa shape index (κ1) is 15.7. The van der Waals surface area contributed by atoms with E-state index in [0.717, 1.165) is 17.7 Å². The molecular weight excluding hydrogens is 264 g/mol. The molecule has 0 radical (unpaired) electrons. The minimum atomic E-state index is 0.0321. The standard InChI is InChI=1S/C13H20N2O3S/c1-9(5-6-16)19-8-10-3-4-11(13(14)15-17)12(7-10)18-2/h3-4,7,9,16-17H,5-6,8H2,1-2H3,(H2,14,15). The summed E-state index contributed by atoms with van der Waals surface area (Å²) in [6.45, 7) is 2.29. The van der Waals surface area contributed by atoms with E-state index in [9.17, 15) is 0 Å². The number of hydrogen-bond donors (Lipinski definition) is 3. The highest BCUT2D eigenvalue weighted by Crippen LogP contribution is 2.25. The Morgan fingerprint density at radius 2 is 2.26 bits per heavy atom. The maximum Gasteiger partial charge on any atom is 0.173 e. The normalized spacial score (nSPS) is 13.3. The van der Waals surface area contributed by atoms with E-state index in [1.54, 1.807) is 24.9 Å². The summed E-state index contributed by atoms with van der Waals surface area (Å²) in [5, 5.41) is 20.9. The molecule has 1 atom stereocenters. The van der Waals surface area contributed by atoms with Crippen LogP contribution in [0.25, 0.3) is 0 Å². The molecule has 0 saturated heterocycles. The van der Waals surface area contributed by atoms with Gasteiger partial charge < -0.3 is 20.8 Å².